The molecule has 2 rings (SSSR count). The summed E-state index contributed by atoms with van der Waals surface area (Å²) in [7, 11) is 0. The highest BCUT2D eigenvalue weighted by Gasteiger charge is 2.07. The van der Waals surface area contributed by atoms with Crippen LogP contribution in [0, 0.1) is 17.2 Å². The molecule has 0 bridgehead atoms. The van der Waals surface area contributed by atoms with Crippen molar-refractivity contribution in [2.45, 2.75) is 13.5 Å². The summed E-state index contributed by atoms with van der Waals surface area (Å²) in [4.78, 5) is 16.8. The van der Waals surface area contributed by atoms with Gasteiger partial charge in [-0.15, -0.1) is 11.3 Å². The first-order chi connectivity index (χ1) is 7.22. The Bertz CT molecular complexity index is 578. The molecule has 0 aliphatic heterocycles. The van der Waals surface area contributed by atoms with Crippen molar-refractivity contribution < 1.29 is 0 Å². The van der Waals surface area contributed by atoms with Gasteiger partial charge in [0.05, 0.1) is 23.7 Å². The highest BCUT2D eigenvalue weighted by Crippen LogP contribution is 2.13. The van der Waals surface area contributed by atoms with Gasteiger partial charge in [0.25, 0.3) is 5.56 Å². The van der Waals surface area contributed by atoms with Crippen LogP contribution in [0.1, 0.15) is 6.92 Å². The Kier molecular flexibility index (Phi) is 2.52. The molecule has 0 aliphatic rings. The smallest absolute Gasteiger partial charge is 0.262 e. The zero-order chi connectivity index (χ0) is 10.8. The van der Waals surface area contributed by atoms with Crippen LogP contribution >= 0.6 is 11.3 Å². The predicted molar refractivity (Wildman–Crippen MR) is 58.7 cm³/mol. The second-order valence-electron chi connectivity index (χ2n) is 3.37. The highest BCUT2D eigenvalue weighted by atomic mass is 32.1. The van der Waals surface area contributed by atoms with Crippen LogP contribution in [0.2, 0.25) is 0 Å². The molecule has 0 N–H and O–H groups in total. The van der Waals surface area contributed by atoms with E-state index in [2.05, 4.69) is 11.1 Å². The van der Waals surface area contributed by atoms with E-state index in [0.29, 0.717) is 11.9 Å². The molecule has 0 aromatic carbocycles. The first kappa shape index (κ1) is 9.87. The molecule has 0 amide bonds. The van der Waals surface area contributed by atoms with Crippen LogP contribution in [0.15, 0.2) is 22.6 Å². The third kappa shape index (κ3) is 1.76. The number of fused-ring (bicyclic) bond motifs is 1. The Labute approximate surface area is 90.4 Å². The fourth-order valence-electron chi connectivity index (χ4n) is 1.36. The molecular formula is C10H9N3OS. The van der Waals surface area contributed by atoms with Crippen molar-refractivity contribution in [3.05, 3.63) is 28.1 Å². The van der Waals surface area contributed by atoms with Crippen LogP contribution < -0.4 is 5.56 Å². The van der Waals surface area contributed by atoms with Crippen molar-refractivity contribution in [2.75, 3.05) is 0 Å². The topological polar surface area (TPSA) is 58.7 Å². The molecular weight excluding hydrogens is 210 g/mol. The lowest BCUT2D eigenvalue weighted by atomic mass is 10.2. The number of hydrogen-bond donors (Lipinski definition) is 0. The van der Waals surface area contributed by atoms with Crippen LogP contribution in [0.25, 0.3) is 10.2 Å². The summed E-state index contributed by atoms with van der Waals surface area (Å²) in [5.74, 6) is -0.180. The fraction of sp³-hybridized carbons (Fsp3) is 0.300. The molecule has 1 atom stereocenters. The third-order valence-electron chi connectivity index (χ3n) is 2.14. The van der Waals surface area contributed by atoms with Crippen LogP contribution in [0.3, 0.4) is 0 Å². The van der Waals surface area contributed by atoms with E-state index in [1.807, 2.05) is 5.38 Å². The Morgan fingerprint density at radius 1 is 1.73 bits per heavy atom. The Balaban J connectivity index is 2.50. The maximum absolute atomic E-state index is 11.9. The van der Waals surface area contributed by atoms with Gasteiger partial charge in [0, 0.05) is 6.54 Å². The van der Waals surface area contributed by atoms with Gasteiger partial charge in [0.15, 0.2) is 0 Å². The van der Waals surface area contributed by atoms with Gasteiger partial charge >= 0.3 is 0 Å². The number of nitriles is 1. The molecule has 0 saturated heterocycles. The Morgan fingerprint density at radius 3 is 3.27 bits per heavy atom. The second kappa shape index (κ2) is 3.83. The quantitative estimate of drug-likeness (QED) is 0.771. The first-order valence-corrected chi connectivity index (χ1v) is 5.42. The van der Waals surface area contributed by atoms with E-state index >= 15 is 0 Å². The van der Waals surface area contributed by atoms with Crippen molar-refractivity contribution in [1.82, 2.24) is 9.55 Å². The summed E-state index contributed by atoms with van der Waals surface area (Å²) in [5.41, 5.74) is -0.0663. The summed E-state index contributed by atoms with van der Waals surface area (Å²) in [6.07, 6.45) is 1.51. The van der Waals surface area contributed by atoms with Gasteiger partial charge in [-0.3, -0.25) is 9.36 Å². The van der Waals surface area contributed by atoms with E-state index in [4.69, 9.17) is 5.26 Å². The van der Waals surface area contributed by atoms with Gasteiger partial charge in [-0.1, -0.05) is 0 Å². The van der Waals surface area contributed by atoms with Crippen LogP contribution in [-0.2, 0) is 6.54 Å². The molecule has 2 aromatic rings. The van der Waals surface area contributed by atoms with Crippen molar-refractivity contribution in [1.29, 1.82) is 5.26 Å². The molecule has 0 aliphatic carbocycles. The normalized spacial score (nSPS) is 12.5. The lowest BCUT2D eigenvalue weighted by Crippen LogP contribution is -2.22. The molecule has 0 radical (unpaired) electrons. The Morgan fingerprint density at radius 2 is 2.53 bits per heavy atom. The molecule has 1 unspecified atom stereocenters. The summed E-state index contributed by atoms with van der Waals surface area (Å²) in [6.45, 7) is 2.18. The molecule has 0 fully saturated rings. The number of hydrogen-bond acceptors (Lipinski definition) is 4. The minimum Gasteiger partial charge on any atom is -0.297 e. The standard InChI is InChI=1S/C10H9N3OS/c1-7(4-11)5-13-6-12-9-8(10(13)14)2-3-15-9/h2-3,6-7H,5H2,1H3. The molecule has 2 aromatic heterocycles. The van der Waals surface area contributed by atoms with Gasteiger partial charge in [-0.05, 0) is 18.4 Å². The summed E-state index contributed by atoms with van der Waals surface area (Å²) < 4.78 is 1.49. The molecule has 2 heterocycles. The average Bonchev–Trinajstić information content (AvgIpc) is 2.70. The molecule has 5 heteroatoms. The van der Waals surface area contributed by atoms with Crippen molar-refractivity contribution in [2.24, 2.45) is 5.92 Å². The van der Waals surface area contributed by atoms with Crippen molar-refractivity contribution in [3.8, 4) is 6.07 Å². The largest absolute Gasteiger partial charge is 0.297 e. The summed E-state index contributed by atoms with van der Waals surface area (Å²) in [6, 6.07) is 3.86. The van der Waals surface area contributed by atoms with Gasteiger partial charge in [0.2, 0.25) is 0 Å². The zero-order valence-corrected chi connectivity index (χ0v) is 8.99. The van der Waals surface area contributed by atoms with Gasteiger partial charge in [-0.2, -0.15) is 5.26 Å². The maximum Gasteiger partial charge on any atom is 0.262 e. The highest BCUT2D eigenvalue weighted by molar-refractivity contribution is 7.16. The minimum absolute atomic E-state index is 0.0663. The van der Waals surface area contributed by atoms with Gasteiger partial charge in [-0.25, -0.2) is 4.98 Å². The van der Waals surface area contributed by atoms with Crippen LogP contribution in [0.4, 0.5) is 0 Å². The molecule has 76 valence electrons. The van der Waals surface area contributed by atoms with Crippen molar-refractivity contribution >= 4 is 21.6 Å². The number of nitrogens with zero attached hydrogens (tertiary/aromatic N) is 3. The van der Waals surface area contributed by atoms with Crippen LogP contribution in [0.5, 0.6) is 0 Å². The average molecular weight is 219 g/mol. The van der Waals surface area contributed by atoms with E-state index in [9.17, 15) is 4.79 Å². The van der Waals surface area contributed by atoms with E-state index in [1.165, 1.54) is 22.2 Å². The van der Waals surface area contributed by atoms with E-state index in [-0.39, 0.29) is 11.5 Å². The summed E-state index contributed by atoms with van der Waals surface area (Å²) in [5, 5.41) is 11.2. The van der Waals surface area contributed by atoms with E-state index in [0.717, 1.165) is 4.83 Å². The van der Waals surface area contributed by atoms with E-state index in [1.54, 1.807) is 13.0 Å². The molecule has 15 heavy (non-hydrogen) atoms. The lowest BCUT2D eigenvalue weighted by molar-refractivity contribution is 0.561. The van der Waals surface area contributed by atoms with E-state index < -0.39 is 0 Å². The fourth-order valence-corrected chi connectivity index (χ4v) is 2.08. The first-order valence-electron chi connectivity index (χ1n) is 4.54. The zero-order valence-electron chi connectivity index (χ0n) is 8.17. The van der Waals surface area contributed by atoms with Gasteiger partial charge < -0.3 is 0 Å². The molecule has 0 saturated carbocycles. The third-order valence-corrected chi connectivity index (χ3v) is 2.96. The molecule has 0 spiro atoms. The monoisotopic (exact) mass is 219 g/mol. The number of thiophene rings is 1. The SMILES string of the molecule is CC(C#N)Cn1cnc2sccc2c1=O. The number of rotatable bonds is 2. The number of aromatic nitrogens is 2. The molecule has 4 nitrogen and oxygen atoms in total. The predicted octanol–water partition coefficient (Wildman–Crippen LogP) is 1.62. The maximum atomic E-state index is 11.9. The summed E-state index contributed by atoms with van der Waals surface area (Å²) >= 11 is 1.45. The Hall–Kier alpha value is -1.67. The second-order valence-corrected chi connectivity index (χ2v) is 4.27. The van der Waals surface area contributed by atoms with Gasteiger partial charge in [0.1, 0.15) is 4.83 Å². The van der Waals surface area contributed by atoms with Crippen LogP contribution in [-0.4, -0.2) is 9.55 Å². The lowest BCUT2D eigenvalue weighted by Gasteiger charge is -2.05. The minimum atomic E-state index is -0.180. The van der Waals surface area contributed by atoms with Crippen molar-refractivity contribution in [3.63, 3.8) is 0 Å².